The highest BCUT2D eigenvalue weighted by Gasteiger charge is 2.32. The fraction of sp³-hybridized carbons (Fsp3) is 0.938. The van der Waals surface area contributed by atoms with Crippen molar-refractivity contribution in [3.8, 4) is 0 Å². The first kappa shape index (κ1) is 18.5. The van der Waals surface area contributed by atoms with Crippen molar-refractivity contribution in [1.82, 2.24) is 14.5 Å². The standard InChI is InChI=1S/C16H31N3O3S/c1-12-6-5-7-15(13(12)2)17-16(20)19-10-8-14(9-11-19)18(3)23(4,21)22/h12-15H,5-11H2,1-4H3,(H,17,20)/t12-,13+,15-/m1/s1. The monoisotopic (exact) mass is 345 g/mol. The second-order valence-corrected chi connectivity index (χ2v) is 9.36. The predicted molar refractivity (Wildman–Crippen MR) is 91.7 cm³/mol. The Balaban J connectivity index is 1.84. The lowest BCUT2D eigenvalue weighted by molar-refractivity contribution is 0.146. The quantitative estimate of drug-likeness (QED) is 0.849. The summed E-state index contributed by atoms with van der Waals surface area (Å²) in [6, 6.07) is 0.279. The third-order valence-corrected chi connectivity index (χ3v) is 7.15. The van der Waals surface area contributed by atoms with Gasteiger partial charge in [-0.3, -0.25) is 0 Å². The number of nitrogens with one attached hydrogen (secondary N) is 1. The van der Waals surface area contributed by atoms with Gasteiger partial charge in [-0.2, -0.15) is 0 Å². The predicted octanol–water partition coefficient (Wildman–Crippen LogP) is 1.88. The third kappa shape index (κ3) is 4.59. The van der Waals surface area contributed by atoms with Crippen molar-refractivity contribution in [2.24, 2.45) is 11.8 Å². The van der Waals surface area contributed by atoms with Crippen LogP contribution in [0.4, 0.5) is 4.79 Å². The van der Waals surface area contributed by atoms with Crippen molar-refractivity contribution in [2.45, 2.75) is 58.0 Å². The smallest absolute Gasteiger partial charge is 0.317 e. The van der Waals surface area contributed by atoms with Gasteiger partial charge in [0.05, 0.1) is 6.26 Å². The van der Waals surface area contributed by atoms with E-state index in [4.69, 9.17) is 0 Å². The van der Waals surface area contributed by atoms with E-state index < -0.39 is 10.0 Å². The van der Waals surface area contributed by atoms with Crippen LogP contribution in [0.15, 0.2) is 0 Å². The number of hydrogen-bond donors (Lipinski definition) is 1. The van der Waals surface area contributed by atoms with Gasteiger partial charge in [-0.05, 0) is 31.1 Å². The molecule has 0 unspecified atom stereocenters. The minimum atomic E-state index is -3.16. The fourth-order valence-electron chi connectivity index (χ4n) is 3.74. The van der Waals surface area contributed by atoms with Gasteiger partial charge in [-0.1, -0.05) is 26.7 Å². The van der Waals surface area contributed by atoms with Crippen molar-refractivity contribution in [2.75, 3.05) is 26.4 Å². The van der Waals surface area contributed by atoms with Crippen molar-refractivity contribution in [3.63, 3.8) is 0 Å². The van der Waals surface area contributed by atoms with Gasteiger partial charge in [0.2, 0.25) is 10.0 Å². The van der Waals surface area contributed by atoms with E-state index in [1.165, 1.54) is 23.4 Å². The summed E-state index contributed by atoms with van der Waals surface area (Å²) in [4.78, 5) is 14.3. The van der Waals surface area contributed by atoms with Crippen LogP contribution < -0.4 is 5.32 Å². The van der Waals surface area contributed by atoms with Crippen molar-refractivity contribution in [1.29, 1.82) is 0 Å². The molecule has 0 aromatic heterocycles. The second kappa shape index (κ2) is 7.38. The van der Waals surface area contributed by atoms with E-state index in [-0.39, 0.29) is 18.1 Å². The Bertz CT molecular complexity index is 515. The number of carbonyl (C=O) groups is 1. The largest absolute Gasteiger partial charge is 0.335 e. The molecule has 1 N–H and O–H groups in total. The molecule has 1 saturated heterocycles. The maximum atomic E-state index is 12.5. The van der Waals surface area contributed by atoms with E-state index in [0.29, 0.717) is 37.8 Å². The Kier molecular flexibility index (Phi) is 5.94. The molecule has 6 nitrogen and oxygen atoms in total. The van der Waals surface area contributed by atoms with E-state index in [1.807, 2.05) is 4.90 Å². The number of urea groups is 1. The maximum Gasteiger partial charge on any atom is 0.317 e. The Hall–Kier alpha value is -0.820. The molecule has 1 saturated carbocycles. The zero-order valence-electron chi connectivity index (χ0n) is 14.8. The number of hydrogen-bond acceptors (Lipinski definition) is 3. The molecule has 0 radical (unpaired) electrons. The lowest BCUT2D eigenvalue weighted by Gasteiger charge is -2.39. The van der Waals surface area contributed by atoms with E-state index in [2.05, 4.69) is 19.2 Å². The molecule has 134 valence electrons. The SMILES string of the molecule is C[C@H]1[C@H](C)CCC[C@H]1NC(=O)N1CCC(N(C)S(C)(=O)=O)CC1. The van der Waals surface area contributed by atoms with E-state index in [9.17, 15) is 13.2 Å². The van der Waals surface area contributed by atoms with Crippen LogP contribution in [-0.4, -0.2) is 62.1 Å². The number of nitrogens with zero attached hydrogens (tertiary/aromatic N) is 2. The van der Waals surface area contributed by atoms with Gasteiger partial charge >= 0.3 is 6.03 Å². The summed E-state index contributed by atoms with van der Waals surface area (Å²) >= 11 is 0. The average Bonchev–Trinajstić information content (AvgIpc) is 2.50. The molecule has 0 aromatic rings. The fourth-order valence-corrected chi connectivity index (χ4v) is 4.49. The minimum Gasteiger partial charge on any atom is -0.335 e. The lowest BCUT2D eigenvalue weighted by atomic mass is 9.78. The van der Waals surface area contributed by atoms with Crippen LogP contribution in [0.2, 0.25) is 0 Å². The molecule has 2 fully saturated rings. The summed E-state index contributed by atoms with van der Waals surface area (Å²) < 4.78 is 24.7. The van der Waals surface area contributed by atoms with Crippen LogP contribution in [0.3, 0.4) is 0 Å². The van der Waals surface area contributed by atoms with Crippen molar-refractivity contribution < 1.29 is 13.2 Å². The molecule has 0 bridgehead atoms. The molecule has 1 aliphatic carbocycles. The van der Waals surface area contributed by atoms with Gasteiger partial charge in [-0.15, -0.1) is 0 Å². The number of amides is 2. The number of piperidine rings is 1. The average molecular weight is 346 g/mol. The Labute approximate surface area is 140 Å². The van der Waals surface area contributed by atoms with Crippen LogP contribution in [0.1, 0.15) is 46.0 Å². The highest BCUT2D eigenvalue weighted by Crippen LogP contribution is 2.29. The van der Waals surface area contributed by atoms with E-state index in [1.54, 1.807) is 7.05 Å². The van der Waals surface area contributed by atoms with Gasteiger partial charge in [-0.25, -0.2) is 17.5 Å². The van der Waals surface area contributed by atoms with Crippen molar-refractivity contribution in [3.05, 3.63) is 0 Å². The molecule has 7 heteroatoms. The van der Waals surface area contributed by atoms with Crippen LogP contribution in [0.25, 0.3) is 0 Å². The number of carbonyl (C=O) groups excluding carboxylic acids is 1. The van der Waals surface area contributed by atoms with Crippen LogP contribution in [0.5, 0.6) is 0 Å². The minimum absolute atomic E-state index is 0.00248. The molecule has 1 aliphatic heterocycles. The first-order valence-electron chi connectivity index (χ1n) is 8.68. The van der Waals surface area contributed by atoms with E-state index >= 15 is 0 Å². The number of likely N-dealkylation sites (tertiary alicyclic amines) is 1. The number of rotatable bonds is 3. The molecule has 2 rings (SSSR count). The highest BCUT2D eigenvalue weighted by molar-refractivity contribution is 7.88. The molecule has 2 aliphatic rings. The summed E-state index contributed by atoms with van der Waals surface area (Å²) in [6.45, 7) is 5.72. The van der Waals surface area contributed by atoms with Crippen LogP contribution in [-0.2, 0) is 10.0 Å². The first-order valence-corrected chi connectivity index (χ1v) is 10.5. The highest BCUT2D eigenvalue weighted by atomic mass is 32.2. The van der Waals surface area contributed by atoms with Crippen LogP contribution >= 0.6 is 0 Å². The zero-order valence-corrected chi connectivity index (χ0v) is 15.6. The van der Waals surface area contributed by atoms with Gasteiger partial charge < -0.3 is 10.2 Å². The van der Waals surface area contributed by atoms with Crippen molar-refractivity contribution >= 4 is 16.1 Å². The van der Waals surface area contributed by atoms with Gasteiger partial charge in [0.25, 0.3) is 0 Å². The summed E-state index contributed by atoms with van der Waals surface area (Å²) in [6.07, 6.45) is 6.12. The topological polar surface area (TPSA) is 69.7 Å². The summed E-state index contributed by atoms with van der Waals surface area (Å²) in [5.41, 5.74) is 0. The molecule has 3 atom stereocenters. The van der Waals surface area contributed by atoms with Gasteiger partial charge in [0, 0.05) is 32.2 Å². The first-order chi connectivity index (χ1) is 10.7. The van der Waals surface area contributed by atoms with E-state index in [0.717, 1.165) is 6.42 Å². The normalized spacial score (nSPS) is 30.5. The maximum absolute atomic E-state index is 12.5. The Morgan fingerprint density at radius 1 is 1.13 bits per heavy atom. The summed E-state index contributed by atoms with van der Waals surface area (Å²) in [5.74, 6) is 1.17. The molecule has 2 amide bonds. The number of sulfonamides is 1. The zero-order chi connectivity index (χ0) is 17.2. The lowest BCUT2D eigenvalue weighted by Crippen LogP contribution is -2.53. The van der Waals surface area contributed by atoms with Crippen LogP contribution in [0, 0.1) is 11.8 Å². The molecule has 23 heavy (non-hydrogen) atoms. The molecule has 1 heterocycles. The molecular formula is C16H31N3O3S. The summed E-state index contributed by atoms with van der Waals surface area (Å²) in [5, 5.41) is 3.20. The molecule has 0 spiro atoms. The third-order valence-electron chi connectivity index (χ3n) is 5.80. The Morgan fingerprint density at radius 3 is 2.30 bits per heavy atom. The molecular weight excluding hydrogens is 314 g/mol. The molecule has 0 aromatic carbocycles. The second-order valence-electron chi connectivity index (χ2n) is 7.32. The van der Waals surface area contributed by atoms with Gasteiger partial charge in [0.15, 0.2) is 0 Å². The Morgan fingerprint density at radius 2 is 1.74 bits per heavy atom. The van der Waals surface area contributed by atoms with Gasteiger partial charge in [0.1, 0.15) is 0 Å². The summed E-state index contributed by atoms with van der Waals surface area (Å²) in [7, 11) is -1.54.